The lowest BCUT2D eigenvalue weighted by molar-refractivity contribution is -0.132. The lowest BCUT2D eigenvalue weighted by atomic mass is 10.2. The number of rotatable bonds is 6. The summed E-state index contributed by atoms with van der Waals surface area (Å²) < 4.78 is 10.8. The second-order valence-corrected chi connectivity index (χ2v) is 4.21. The number of carbonyl (C=O) groups is 1. The Balaban J connectivity index is 2.03. The van der Waals surface area contributed by atoms with Crippen molar-refractivity contribution in [1.82, 2.24) is 0 Å². The Labute approximate surface area is 111 Å². The second-order valence-electron chi connectivity index (χ2n) is 4.21. The van der Waals surface area contributed by atoms with Crippen molar-refractivity contribution in [2.24, 2.45) is 0 Å². The van der Waals surface area contributed by atoms with Crippen molar-refractivity contribution in [1.29, 1.82) is 0 Å². The van der Waals surface area contributed by atoms with Crippen LogP contribution < -0.4 is 10.1 Å². The highest BCUT2D eigenvalue weighted by Gasteiger charge is 2.22. The summed E-state index contributed by atoms with van der Waals surface area (Å²) in [5.74, 6) is 0.185. The fourth-order valence-electron chi connectivity index (χ4n) is 1.76. The summed E-state index contributed by atoms with van der Waals surface area (Å²) in [5, 5.41) is 12.0. The first-order valence-corrected chi connectivity index (χ1v) is 6.30. The Morgan fingerprint density at radius 2 is 2.16 bits per heavy atom. The molecule has 0 aromatic heterocycles. The van der Waals surface area contributed by atoms with E-state index in [0.717, 1.165) is 17.9 Å². The quantitative estimate of drug-likeness (QED) is 0.825. The third-order valence-electron chi connectivity index (χ3n) is 2.72. The molecular formula is C14H17NO4. The standard InChI is InChI=1S/C14H17NO4/c1-2-8-18-11-5-3-10(4-6-11)15-13-12(14(16)17)7-9-19-13/h3-6,15H,2,7-9H2,1H3,(H,16,17). The van der Waals surface area contributed by atoms with E-state index < -0.39 is 5.97 Å². The second kappa shape index (κ2) is 6.13. The summed E-state index contributed by atoms with van der Waals surface area (Å²) in [6, 6.07) is 7.35. The van der Waals surface area contributed by atoms with E-state index in [0.29, 0.717) is 25.5 Å². The summed E-state index contributed by atoms with van der Waals surface area (Å²) in [4.78, 5) is 11.0. The van der Waals surface area contributed by atoms with E-state index in [1.54, 1.807) is 0 Å². The lowest BCUT2D eigenvalue weighted by Crippen LogP contribution is -2.06. The van der Waals surface area contributed by atoms with E-state index >= 15 is 0 Å². The van der Waals surface area contributed by atoms with Crippen LogP contribution in [0.4, 0.5) is 5.69 Å². The molecule has 1 aliphatic rings. The maximum Gasteiger partial charge on any atom is 0.337 e. The van der Waals surface area contributed by atoms with E-state index in [4.69, 9.17) is 14.6 Å². The normalized spacial score (nSPS) is 14.2. The molecular weight excluding hydrogens is 246 g/mol. The largest absolute Gasteiger partial charge is 0.494 e. The number of carboxylic acids is 1. The van der Waals surface area contributed by atoms with E-state index in [2.05, 4.69) is 5.32 Å². The molecule has 19 heavy (non-hydrogen) atoms. The fourth-order valence-corrected chi connectivity index (χ4v) is 1.76. The summed E-state index contributed by atoms with van der Waals surface area (Å²) in [5.41, 5.74) is 1.06. The molecule has 5 heteroatoms. The first-order valence-electron chi connectivity index (χ1n) is 6.30. The van der Waals surface area contributed by atoms with E-state index in [1.807, 2.05) is 31.2 Å². The minimum atomic E-state index is -0.942. The monoisotopic (exact) mass is 263 g/mol. The van der Waals surface area contributed by atoms with Crippen LogP contribution >= 0.6 is 0 Å². The van der Waals surface area contributed by atoms with Gasteiger partial charge in [0.25, 0.3) is 0 Å². The number of hydrogen-bond acceptors (Lipinski definition) is 4. The van der Waals surface area contributed by atoms with Gasteiger partial charge in [0.2, 0.25) is 5.88 Å². The van der Waals surface area contributed by atoms with Crippen LogP contribution in [0.15, 0.2) is 35.7 Å². The molecule has 0 saturated heterocycles. The predicted octanol–water partition coefficient (Wildman–Crippen LogP) is 2.60. The molecule has 102 valence electrons. The predicted molar refractivity (Wildman–Crippen MR) is 71.1 cm³/mol. The summed E-state index contributed by atoms with van der Waals surface area (Å²) >= 11 is 0. The third kappa shape index (κ3) is 3.40. The van der Waals surface area contributed by atoms with E-state index in [1.165, 1.54) is 0 Å². The lowest BCUT2D eigenvalue weighted by Gasteiger charge is -2.09. The van der Waals surface area contributed by atoms with Gasteiger partial charge in [-0.15, -0.1) is 0 Å². The Morgan fingerprint density at radius 3 is 2.79 bits per heavy atom. The average molecular weight is 263 g/mol. The maximum absolute atomic E-state index is 11.0. The first-order chi connectivity index (χ1) is 9.20. The number of benzene rings is 1. The summed E-state index contributed by atoms with van der Waals surface area (Å²) in [7, 11) is 0. The van der Waals surface area contributed by atoms with Gasteiger partial charge >= 0.3 is 5.97 Å². The maximum atomic E-state index is 11.0. The molecule has 0 atom stereocenters. The Kier molecular flexibility index (Phi) is 4.28. The van der Waals surface area contributed by atoms with E-state index in [-0.39, 0.29) is 5.57 Å². The minimum absolute atomic E-state index is 0.284. The Bertz CT molecular complexity index is 479. The van der Waals surface area contributed by atoms with Gasteiger partial charge in [0.15, 0.2) is 0 Å². The van der Waals surface area contributed by atoms with Crippen LogP contribution in [0.3, 0.4) is 0 Å². The number of carboxylic acid groups (broad SMARTS) is 1. The SMILES string of the molecule is CCCOc1ccc(NC2=C(C(=O)O)CCO2)cc1. The molecule has 2 rings (SSSR count). The first kappa shape index (κ1) is 13.3. The topological polar surface area (TPSA) is 67.8 Å². The van der Waals surface area contributed by atoms with Gasteiger partial charge in [0.1, 0.15) is 11.3 Å². The smallest absolute Gasteiger partial charge is 0.337 e. The van der Waals surface area contributed by atoms with E-state index in [9.17, 15) is 4.79 Å². The highest BCUT2D eigenvalue weighted by atomic mass is 16.5. The van der Waals surface area contributed by atoms with Crippen molar-refractivity contribution in [3.8, 4) is 5.75 Å². The summed E-state index contributed by atoms with van der Waals surface area (Å²) in [6.07, 6.45) is 1.39. The number of ether oxygens (including phenoxy) is 2. The molecule has 0 radical (unpaired) electrons. The zero-order chi connectivity index (χ0) is 13.7. The van der Waals surface area contributed by atoms with Gasteiger partial charge in [-0.25, -0.2) is 4.79 Å². The van der Waals surface area contributed by atoms with Crippen LogP contribution in [-0.2, 0) is 9.53 Å². The Hall–Kier alpha value is -2.17. The highest BCUT2D eigenvalue weighted by Crippen LogP contribution is 2.23. The third-order valence-corrected chi connectivity index (χ3v) is 2.72. The Morgan fingerprint density at radius 1 is 1.42 bits per heavy atom. The molecule has 0 unspecified atom stereocenters. The zero-order valence-corrected chi connectivity index (χ0v) is 10.8. The van der Waals surface area contributed by atoms with Crippen molar-refractivity contribution in [2.75, 3.05) is 18.5 Å². The molecule has 1 aliphatic heterocycles. The molecule has 1 aromatic carbocycles. The number of nitrogens with one attached hydrogen (secondary N) is 1. The average Bonchev–Trinajstić information content (AvgIpc) is 2.86. The molecule has 1 heterocycles. The zero-order valence-electron chi connectivity index (χ0n) is 10.8. The molecule has 1 aromatic rings. The van der Waals surface area contributed by atoms with Crippen molar-refractivity contribution in [3.63, 3.8) is 0 Å². The van der Waals surface area contributed by atoms with Crippen molar-refractivity contribution in [2.45, 2.75) is 19.8 Å². The van der Waals surface area contributed by atoms with Gasteiger partial charge in [-0.1, -0.05) is 6.92 Å². The fraction of sp³-hybridized carbons (Fsp3) is 0.357. The minimum Gasteiger partial charge on any atom is -0.494 e. The van der Waals surface area contributed by atoms with Crippen LogP contribution in [0.5, 0.6) is 5.75 Å². The molecule has 2 N–H and O–H groups in total. The molecule has 0 spiro atoms. The van der Waals surface area contributed by atoms with Crippen molar-refractivity contribution < 1.29 is 19.4 Å². The van der Waals surface area contributed by atoms with Crippen LogP contribution in [0, 0.1) is 0 Å². The van der Waals surface area contributed by atoms with Crippen LogP contribution in [0.2, 0.25) is 0 Å². The molecule has 0 fully saturated rings. The van der Waals surface area contributed by atoms with Crippen LogP contribution in [0.1, 0.15) is 19.8 Å². The number of anilines is 1. The van der Waals surface area contributed by atoms with Gasteiger partial charge in [0.05, 0.1) is 13.2 Å². The number of hydrogen-bond donors (Lipinski definition) is 2. The molecule has 0 amide bonds. The van der Waals surface area contributed by atoms with Gasteiger partial charge < -0.3 is 19.9 Å². The molecule has 0 saturated carbocycles. The van der Waals surface area contributed by atoms with Crippen molar-refractivity contribution in [3.05, 3.63) is 35.7 Å². The highest BCUT2D eigenvalue weighted by molar-refractivity contribution is 5.88. The summed E-state index contributed by atoms with van der Waals surface area (Å²) in [6.45, 7) is 3.14. The number of aliphatic carboxylic acids is 1. The van der Waals surface area contributed by atoms with Crippen molar-refractivity contribution >= 4 is 11.7 Å². The van der Waals surface area contributed by atoms with Crippen LogP contribution in [-0.4, -0.2) is 24.3 Å². The van der Waals surface area contributed by atoms with Gasteiger partial charge in [0, 0.05) is 12.1 Å². The molecule has 0 bridgehead atoms. The van der Waals surface area contributed by atoms with Gasteiger partial charge in [-0.05, 0) is 30.7 Å². The van der Waals surface area contributed by atoms with Gasteiger partial charge in [-0.2, -0.15) is 0 Å². The molecule has 0 aliphatic carbocycles. The molecule has 5 nitrogen and oxygen atoms in total. The van der Waals surface area contributed by atoms with Gasteiger partial charge in [-0.3, -0.25) is 0 Å². The van der Waals surface area contributed by atoms with Crippen LogP contribution in [0.25, 0.3) is 0 Å².